The van der Waals surface area contributed by atoms with Crippen molar-refractivity contribution < 1.29 is 4.79 Å². The molecule has 0 saturated carbocycles. The van der Waals surface area contributed by atoms with Crippen molar-refractivity contribution >= 4 is 5.91 Å². The number of hydrogen-bond donors (Lipinski definition) is 1. The van der Waals surface area contributed by atoms with Gasteiger partial charge in [0, 0.05) is 5.92 Å². The first-order valence-electron chi connectivity index (χ1n) is 2.83. The van der Waals surface area contributed by atoms with Crippen molar-refractivity contribution in [2.24, 2.45) is 5.92 Å². The molecule has 0 atom stereocenters. The van der Waals surface area contributed by atoms with Crippen LogP contribution in [0.5, 0.6) is 0 Å². The van der Waals surface area contributed by atoms with Crippen LogP contribution in [0.4, 0.5) is 0 Å². The molecule has 0 spiro atoms. The van der Waals surface area contributed by atoms with Gasteiger partial charge in [0.1, 0.15) is 0 Å². The fourth-order valence-electron chi connectivity index (χ4n) is 0.0361. The Hall–Kier alpha value is -1.04. The van der Waals surface area contributed by atoms with E-state index in [0.717, 1.165) is 0 Å². The lowest BCUT2D eigenvalue weighted by atomic mass is 10.3. The number of rotatable bonds is 0. The molecule has 0 unspecified atom stereocenters. The predicted octanol–water partition coefficient (Wildman–Crippen LogP) is 0.282. The Bertz CT molecular complexity index is 128. The highest BCUT2D eigenvalue weighted by Crippen LogP contribution is 1.81. The van der Waals surface area contributed by atoms with Crippen LogP contribution in [0.2, 0.25) is 0 Å². The number of amides is 1. The first-order chi connectivity index (χ1) is 4.16. The van der Waals surface area contributed by atoms with E-state index >= 15 is 0 Å². The van der Waals surface area contributed by atoms with Gasteiger partial charge in [0.2, 0.25) is 5.91 Å². The Balaban J connectivity index is 0.000000144. The zero-order chi connectivity index (χ0) is 7.28. The highest BCUT2D eigenvalue weighted by Gasteiger charge is 2.10. The van der Waals surface area contributed by atoms with Gasteiger partial charge in [-0.25, -0.2) is 0 Å². The van der Waals surface area contributed by atoms with Crippen molar-refractivity contribution in [1.29, 1.82) is 5.26 Å². The molecule has 1 aliphatic rings. The van der Waals surface area contributed by atoms with Crippen molar-refractivity contribution in [2.45, 2.75) is 13.8 Å². The third-order valence-electron chi connectivity index (χ3n) is 0.579. The third kappa shape index (κ3) is 10.9. The van der Waals surface area contributed by atoms with Crippen molar-refractivity contribution in [3.05, 3.63) is 0 Å². The van der Waals surface area contributed by atoms with E-state index in [1.165, 1.54) is 0 Å². The number of nitrogens with one attached hydrogen (secondary N) is 1. The normalized spacial score (nSPS) is 12.9. The fourth-order valence-corrected chi connectivity index (χ4v) is 0.0361. The molecule has 3 heteroatoms. The minimum Gasteiger partial charge on any atom is -0.346 e. The zero-order valence-corrected chi connectivity index (χ0v) is 5.64. The quantitative estimate of drug-likeness (QED) is 0.474. The lowest BCUT2D eigenvalue weighted by Crippen LogP contribution is -1.72. The van der Waals surface area contributed by atoms with Crippen LogP contribution in [0.15, 0.2) is 0 Å². The summed E-state index contributed by atoms with van der Waals surface area (Å²) in [7, 11) is 0. The van der Waals surface area contributed by atoms with Crippen molar-refractivity contribution in [3.8, 4) is 6.07 Å². The monoisotopic (exact) mass is 126 g/mol. The van der Waals surface area contributed by atoms with E-state index in [1.54, 1.807) is 0 Å². The SMILES string of the molecule is CC(C)C#N.O=C1CN1. The van der Waals surface area contributed by atoms with E-state index in [0.29, 0.717) is 6.54 Å². The molecule has 9 heavy (non-hydrogen) atoms. The van der Waals surface area contributed by atoms with Gasteiger partial charge in [-0.2, -0.15) is 5.26 Å². The number of carbonyl (C=O) groups excluding carboxylic acids is 1. The van der Waals surface area contributed by atoms with Gasteiger partial charge in [0.15, 0.2) is 0 Å². The molecule has 0 radical (unpaired) electrons. The molecular formula is C6H10N2O. The van der Waals surface area contributed by atoms with Crippen LogP contribution in [-0.4, -0.2) is 12.5 Å². The van der Waals surface area contributed by atoms with Gasteiger partial charge in [-0.1, -0.05) is 0 Å². The van der Waals surface area contributed by atoms with Gasteiger partial charge in [-0.15, -0.1) is 0 Å². The number of carbonyl (C=O) groups is 1. The highest BCUT2D eigenvalue weighted by atomic mass is 16.2. The lowest BCUT2D eigenvalue weighted by molar-refractivity contribution is -0.110. The van der Waals surface area contributed by atoms with Gasteiger partial charge < -0.3 is 5.32 Å². The first-order valence-corrected chi connectivity index (χ1v) is 2.83. The van der Waals surface area contributed by atoms with Crippen molar-refractivity contribution in [2.75, 3.05) is 6.54 Å². The Morgan fingerprint density at radius 3 is 2.00 bits per heavy atom. The molecule has 50 valence electrons. The first kappa shape index (κ1) is 7.96. The van der Waals surface area contributed by atoms with E-state index in [1.807, 2.05) is 19.9 Å². The summed E-state index contributed by atoms with van der Waals surface area (Å²) >= 11 is 0. The summed E-state index contributed by atoms with van der Waals surface area (Å²) in [5, 5.41) is 10.4. The Morgan fingerprint density at radius 2 is 2.00 bits per heavy atom. The van der Waals surface area contributed by atoms with E-state index < -0.39 is 0 Å². The van der Waals surface area contributed by atoms with Crippen LogP contribution in [0.3, 0.4) is 0 Å². The average Bonchev–Trinajstić information content (AvgIpc) is 2.53. The molecule has 0 aliphatic carbocycles. The molecule has 1 fully saturated rings. The molecule has 3 nitrogen and oxygen atoms in total. The summed E-state index contributed by atoms with van der Waals surface area (Å²) in [5.41, 5.74) is 0. The molecule has 0 aromatic carbocycles. The Kier molecular flexibility index (Phi) is 3.45. The minimum atomic E-state index is 0.167. The van der Waals surface area contributed by atoms with Gasteiger partial charge in [0.25, 0.3) is 0 Å². The zero-order valence-electron chi connectivity index (χ0n) is 5.64. The maximum atomic E-state index is 9.44. The van der Waals surface area contributed by atoms with Gasteiger partial charge >= 0.3 is 0 Å². The number of nitrogens with zero attached hydrogens (tertiary/aromatic N) is 1. The highest BCUT2D eigenvalue weighted by molar-refractivity contribution is 5.91. The van der Waals surface area contributed by atoms with E-state index in [4.69, 9.17) is 5.26 Å². The van der Waals surface area contributed by atoms with Crippen LogP contribution in [-0.2, 0) is 4.79 Å². The second-order valence-corrected chi connectivity index (χ2v) is 2.06. The van der Waals surface area contributed by atoms with E-state index in [2.05, 4.69) is 5.32 Å². The molecule has 0 bridgehead atoms. The van der Waals surface area contributed by atoms with Gasteiger partial charge in [0.05, 0.1) is 12.6 Å². The van der Waals surface area contributed by atoms with Crippen molar-refractivity contribution in [3.63, 3.8) is 0 Å². The molecule has 1 saturated heterocycles. The Labute approximate surface area is 54.7 Å². The summed E-state index contributed by atoms with van der Waals surface area (Å²) in [6.45, 7) is 4.32. The summed E-state index contributed by atoms with van der Waals surface area (Å²) in [5.74, 6) is 0.356. The summed E-state index contributed by atoms with van der Waals surface area (Å²) < 4.78 is 0. The summed E-state index contributed by atoms with van der Waals surface area (Å²) in [6, 6.07) is 2.03. The molecule has 1 N–H and O–H groups in total. The molecule has 1 heterocycles. The smallest absolute Gasteiger partial charge is 0.239 e. The number of nitriles is 1. The van der Waals surface area contributed by atoms with Crippen LogP contribution in [0.25, 0.3) is 0 Å². The van der Waals surface area contributed by atoms with Gasteiger partial charge in [-0.05, 0) is 13.8 Å². The fraction of sp³-hybridized carbons (Fsp3) is 0.667. The second-order valence-electron chi connectivity index (χ2n) is 2.06. The van der Waals surface area contributed by atoms with Crippen LogP contribution >= 0.6 is 0 Å². The molecular weight excluding hydrogens is 116 g/mol. The lowest BCUT2D eigenvalue weighted by Gasteiger charge is -1.75. The summed E-state index contributed by atoms with van der Waals surface area (Å²) in [6.07, 6.45) is 0. The van der Waals surface area contributed by atoms with Crippen molar-refractivity contribution in [1.82, 2.24) is 5.32 Å². The predicted molar refractivity (Wildman–Crippen MR) is 33.5 cm³/mol. The Morgan fingerprint density at radius 1 is 1.78 bits per heavy atom. The molecule has 0 aromatic heterocycles. The average molecular weight is 126 g/mol. The minimum absolute atomic E-state index is 0.167. The van der Waals surface area contributed by atoms with Crippen LogP contribution in [0.1, 0.15) is 13.8 Å². The topological polar surface area (TPSA) is 62.8 Å². The van der Waals surface area contributed by atoms with E-state index in [9.17, 15) is 4.79 Å². The molecule has 1 amide bonds. The standard InChI is InChI=1S/C4H7N.C2H3NO/c1-4(2)3-5;4-2-1-3-2/h4H,1-2H3;1H2,(H,3,4). The van der Waals surface area contributed by atoms with E-state index in [-0.39, 0.29) is 11.8 Å². The molecule has 1 rings (SSSR count). The maximum Gasteiger partial charge on any atom is 0.239 e. The number of hydrogen-bond acceptors (Lipinski definition) is 2. The molecule has 1 aliphatic heterocycles. The van der Waals surface area contributed by atoms with Crippen LogP contribution < -0.4 is 5.32 Å². The van der Waals surface area contributed by atoms with Gasteiger partial charge in [-0.3, -0.25) is 4.79 Å². The molecule has 0 aromatic rings. The largest absolute Gasteiger partial charge is 0.346 e. The second kappa shape index (κ2) is 3.90. The maximum absolute atomic E-state index is 9.44. The third-order valence-corrected chi connectivity index (χ3v) is 0.579. The summed E-state index contributed by atoms with van der Waals surface area (Å²) in [4.78, 5) is 9.44. The van der Waals surface area contributed by atoms with Crippen LogP contribution in [0, 0.1) is 17.2 Å².